The highest BCUT2D eigenvalue weighted by Crippen LogP contribution is 2.21. The third kappa shape index (κ3) is 13.5. The minimum atomic E-state index is -2.79. The molecule has 0 aromatic heterocycles. The van der Waals surface area contributed by atoms with E-state index >= 15 is 0 Å². The molecule has 3 aromatic carbocycles. The van der Waals surface area contributed by atoms with E-state index in [0.29, 0.717) is 39.6 Å². The first kappa shape index (κ1) is 31.7. The van der Waals surface area contributed by atoms with Gasteiger partial charge >= 0.3 is 8.80 Å². The number of ether oxygens (including phenoxy) is 3. The topological polar surface area (TPSA) is 55.4 Å². The molecule has 0 atom stereocenters. The van der Waals surface area contributed by atoms with Gasteiger partial charge in [-0.1, -0.05) is 67.9 Å². The van der Waals surface area contributed by atoms with E-state index in [9.17, 15) is 0 Å². The highest BCUT2D eigenvalue weighted by atomic mass is 28.4. The Bertz CT molecular complexity index is 864. The summed E-state index contributed by atoms with van der Waals surface area (Å²) >= 11 is 0. The second-order valence-electron chi connectivity index (χ2n) is 9.58. The van der Waals surface area contributed by atoms with Crippen molar-refractivity contribution in [2.75, 3.05) is 39.6 Å². The molecule has 0 amide bonds. The van der Waals surface area contributed by atoms with Crippen LogP contribution in [0.1, 0.15) is 51.9 Å². The van der Waals surface area contributed by atoms with Gasteiger partial charge in [0.1, 0.15) is 17.2 Å². The van der Waals surface area contributed by atoms with Crippen LogP contribution in [0.5, 0.6) is 17.2 Å². The van der Waals surface area contributed by atoms with Gasteiger partial charge in [0.25, 0.3) is 0 Å². The minimum absolute atomic E-state index is 0.610. The number of hydrogen-bond donors (Lipinski definition) is 0. The molecule has 0 radical (unpaired) electrons. The van der Waals surface area contributed by atoms with E-state index < -0.39 is 8.80 Å². The normalized spacial score (nSPS) is 11.3. The molecule has 0 spiro atoms. The van der Waals surface area contributed by atoms with Crippen LogP contribution in [0.3, 0.4) is 0 Å². The van der Waals surface area contributed by atoms with Gasteiger partial charge in [-0.3, -0.25) is 0 Å². The molecule has 0 fully saturated rings. The van der Waals surface area contributed by atoms with Crippen molar-refractivity contribution in [3.8, 4) is 17.2 Å². The number of rotatable bonds is 23. The molecule has 0 saturated heterocycles. The van der Waals surface area contributed by atoms with Crippen LogP contribution < -0.4 is 14.2 Å². The number of benzene rings is 3. The van der Waals surface area contributed by atoms with Crippen molar-refractivity contribution in [2.24, 2.45) is 0 Å². The summed E-state index contributed by atoms with van der Waals surface area (Å²) in [6, 6.07) is 30.6. The standard InChI is InChI=1S/C33H46O6Si/c1-2-30-40(37-27-15-12-24-34-31-18-6-3-7-19-31,38-28-16-13-25-35-32-20-8-4-9-21-32)39-29-17-14-26-36-33-22-10-5-11-23-33/h3-11,18-23H,2,12-17,24-30H2,1H3. The molecule has 0 aliphatic carbocycles. The number of unbranched alkanes of at least 4 members (excludes halogenated alkanes) is 3. The monoisotopic (exact) mass is 566 g/mol. The molecule has 0 saturated carbocycles. The van der Waals surface area contributed by atoms with Gasteiger partial charge in [-0.15, -0.1) is 0 Å². The van der Waals surface area contributed by atoms with Crippen LogP contribution in [0.4, 0.5) is 0 Å². The van der Waals surface area contributed by atoms with Crippen molar-refractivity contribution >= 4 is 8.80 Å². The van der Waals surface area contributed by atoms with E-state index in [0.717, 1.165) is 68.2 Å². The Kier molecular flexibility index (Phi) is 15.9. The molecule has 0 aliphatic heterocycles. The molecule has 3 aromatic rings. The molecule has 7 heteroatoms. The molecule has 0 N–H and O–H groups in total. The quantitative estimate of drug-likeness (QED) is 0.0857. The smallest absolute Gasteiger partial charge is 0.494 e. The van der Waals surface area contributed by atoms with Crippen LogP contribution in [0, 0.1) is 0 Å². The third-order valence-electron chi connectivity index (χ3n) is 6.17. The Morgan fingerprint density at radius 3 is 1.02 bits per heavy atom. The fourth-order valence-electron chi connectivity index (χ4n) is 4.06. The first-order chi connectivity index (χ1) is 19.8. The Morgan fingerprint density at radius 1 is 0.425 bits per heavy atom. The van der Waals surface area contributed by atoms with Crippen molar-refractivity contribution in [3.63, 3.8) is 0 Å². The first-order valence-corrected chi connectivity index (χ1v) is 16.7. The fraction of sp³-hybridized carbons (Fsp3) is 0.455. The van der Waals surface area contributed by atoms with E-state index in [1.54, 1.807) is 0 Å². The Balaban J connectivity index is 1.39. The maximum absolute atomic E-state index is 6.45. The zero-order valence-electron chi connectivity index (χ0n) is 24.0. The van der Waals surface area contributed by atoms with Gasteiger partial charge in [0.15, 0.2) is 0 Å². The van der Waals surface area contributed by atoms with E-state index in [-0.39, 0.29) is 0 Å². The van der Waals surface area contributed by atoms with Crippen molar-refractivity contribution in [2.45, 2.75) is 57.9 Å². The lowest BCUT2D eigenvalue weighted by molar-refractivity contribution is 0.0532. The predicted octanol–water partition coefficient (Wildman–Crippen LogP) is 7.96. The second kappa shape index (κ2) is 20.1. The van der Waals surface area contributed by atoms with Gasteiger partial charge in [-0.2, -0.15) is 0 Å². The number of hydrogen-bond acceptors (Lipinski definition) is 6. The molecule has 218 valence electrons. The summed E-state index contributed by atoms with van der Waals surface area (Å²) < 4.78 is 36.8. The predicted molar refractivity (Wildman–Crippen MR) is 162 cm³/mol. The average Bonchev–Trinajstić information content (AvgIpc) is 3.00. The van der Waals surface area contributed by atoms with Gasteiger partial charge < -0.3 is 27.5 Å². The molecular weight excluding hydrogens is 520 g/mol. The minimum Gasteiger partial charge on any atom is -0.494 e. The summed E-state index contributed by atoms with van der Waals surface area (Å²) in [6.07, 6.45) is 6.39. The van der Waals surface area contributed by atoms with E-state index in [1.165, 1.54) is 0 Å². The van der Waals surface area contributed by atoms with Crippen LogP contribution in [0.25, 0.3) is 0 Å². The maximum atomic E-state index is 6.45. The SMILES string of the molecule is CCC[Si](OCCCCOc1ccccc1)(OCCCCOc1ccccc1)OCCCCOc1ccccc1. The number of para-hydroxylation sites is 3. The van der Waals surface area contributed by atoms with Gasteiger partial charge in [0.2, 0.25) is 0 Å². The molecular formula is C33H46O6Si. The molecule has 3 rings (SSSR count). The van der Waals surface area contributed by atoms with Crippen molar-refractivity contribution in [1.29, 1.82) is 0 Å². The lowest BCUT2D eigenvalue weighted by atomic mass is 10.3. The molecule has 0 aliphatic rings. The van der Waals surface area contributed by atoms with Crippen LogP contribution in [0.2, 0.25) is 6.04 Å². The van der Waals surface area contributed by atoms with Crippen LogP contribution in [-0.2, 0) is 13.3 Å². The van der Waals surface area contributed by atoms with Crippen molar-refractivity contribution in [3.05, 3.63) is 91.0 Å². The lowest BCUT2D eigenvalue weighted by Gasteiger charge is -2.30. The van der Waals surface area contributed by atoms with Gasteiger partial charge in [0, 0.05) is 25.9 Å². The highest BCUT2D eigenvalue weighted by molar-refractivity contribution is 6.60. The maximum Gasteiger partial charge on any atom is 0.500 e. The molecule has 0 bridgehead atoms. The largest absolute Gasteiger partial charge is 0.500 e. The van der Waals surface area contributed by atoms with Crippen LogP contribution >= 0.6 is 0 Å². The average molecular weight is 567 g/mol. The second-order valence-corrected chi connectivity index (χ2v) is 12.3. The highest BCUT2D eigenvalue weighted by Gasteiger charge is 2.40. The van der Waals surface area contributed by atoms with Gasteiger partial charge in [-0.05, 0) is 74.9 Å². The Hall–Kier alpha value is -2.84. The molecule has 0 heterocycles. The lowest BCUT2D eigenvalue weighted by Crippen LogP contribution is -2.46. The zero-order chi connectivity index (χ0) is 28.0. The van der Waals surface area contributed by atoms with E-state index in [4.69, 9.17) is 27.5 Å². The van der Waals surface area contributed by atoms with Crippen LogP contribution in [0.15, 0.2) is 91.0 Å². The van der Waals surface area contributed by atoms with Crippen LogP contribution in [-0.4, -0.2) is 48.4 Å². The van der Waals surface area contributed by atoms with E-state index in [2.05, 4.69) is 6.92 Å². The Labute approximate surface area is 241 Å². The summed E-state index contributed by atoms with van der Waals surface area (Å²) in [6.45, 7) is 5.99. The summed E-state index contributed by atoms with van der Waals surface area (Å²) in [5, 5.41) is 0. The summed E-state index contributed by atoms with van der Waals surface area (Å²) in [5.74, 6) is 2.70. The fourth-order valence-corrected chi connectivity index (χ4v) is 6.72. The first-order valence-electron chi connectivity index (χ1n) is 14.7. The van der Waals surface area contributed by atoms with Crippen molar-refractivity contribution < 1.29 is 27.5 Å². The van der Waals surface area contributed by atoms with Gasteiger partial charge in [-0.25, -0.2) is 0 Å². The molecule has 0 unspecified atom stereocenters. The Morgan fingerprint density at radius 2 is 0.725 bits per heavy atom. The zero-order valence-corrected chi connectivity index (χ0v) is 25.0. The molecule has 40 heavy (non-hydrogen) atoms. The third-order valence-corrected chi connectivity index (χ3v) is 9.22. The van der Waals surface area contributed by atoms with Crippen molar-refractivity contribution in [1.82, 2.24) is 0 Å². The molecule has 6 nitrogen and oxygen atoms in total. The van der Waals surface area contributed by atoms with Gasteiger partial charge in [0.05, 0.1) is 19.8 Å². The summed E-state index contributed by atoms with van der Waals surface area (Å²) in [4.78, 5) is 0. The summed E-state index contributed by atoms with van der Waals surface area (Å²) in [7, 11) is -2.79. The van der Waals surface area contributed by atoms with E-state index in [1.807, 2.05) is 91.0 Å². The summed E-state index contributed by atoms with van der Waals surface area (Å²) in [5.41, 5.74) is 0.